The Kier molecular flexibility index (Phi) is 2.53. The maximum absolute atomic E-state index is 12.8. The van der Waals surface area contributed by atoms with Crippen molar-refractivity contribution in [2.75, 3.05) is 0 Å². The maximum atomic E-state index is 12.8. The molecule has 0 atom stereocenters. The van der Waals surface area contributed by atoms with E-state index in [1.807, 2.05) is 0 Å². The van der Waals surface area contributed by atoms with E-state index in [1.165, 1.54) is 23.0 Å². The van der Waals surface area contributed by atoms with E-state index in [4.69, 9.17) is 0 Å². The first-order chi connectivity index (χ1) is 7.25. The van der Waals surface area contributed by atoms with Crippen LogP contribution in [-0.4, -0.2) is 14.5 Å². The Balaban J connectivity index is 2.30. The lowest BCUT2D eigenvalue weighted by molar-refractivity contribution is 0.614. The highest BCUT2D eigenvalue weighted by Crippen LogP contribution is 2.01. The van der Waals surface area contributed by atoms with Gasteiger partial charge in [0.2, 0.25) is 0 Å². The van der Waals surface area contributed by atoms with Crippen LogP contribution in [0.4, 0.5) is 4.39 Å². The molecule has 0 saturated heterocycles. The predicted octanol–water partition coefficient (Wildman–Crippen LogP) is 0.826. The van der Waals surface area contributed by atoms with Gasteiger partial charge in [-0.15, -0.1) is 0 Å². The smallest absolute Gasteiger partial charge is 0.295 e. The van der Waals surface area contributed by atoms with Crippen LogP contribution in [0.25, 0.3) is 0 Å². The average molecular weight is 205 g/mol. The maximum Gasteiger partial charge on any atom is 0.347 e. The largest absolute Gasteiger partial charge is 0.347 e. The first kappa shape index (κ1) is 9.51. The highest BCUT2D eigenvalue weighted by Gasteiger charge is 1.99. The van der Waals surface area contributed by atoms with E-state index in [2.05, 4.69) is 9.97 Å². The molecule has 2 rings (SSSR count). The van der Waals surface area contributed by atoms with Gasteiger partial charge in [0.1, 0.15) is 5.82 Å². The summed E-state index contributed by atoms with van der Waals surface area (Å²) in [4.78, 5) is 18.5. The van der Waals surface area contributed by atoms with Gasteiger partial charge in [-0.1, -0.05) is 0 Å². The Hall–Kier alpha value is -2.04. The second kappa shape index (κ2) is 4.00. The third-order valence-electron chi connectivity index (χ3n) is 1.90. The summed E-state index contributed by atoms with van der Waals surface area (Å²) in [6, 6.07) is 2.99. The Labute approximate surface area is 85.0 Å². The number of nitrogens with zero attached hydrogens (tertiary/aromatic N) is 3. The molecule has 15 heavy (non-hydrogen) atoms. The van der Waals surface area contributed by atoms with Gasteiger partial charge in [0, 0.05) is 18.6 Å². The number of hydrogen-bond donors (Lipinski definition) is 0. The van der Waals surface area contributed by atoms with E-state index in [0.29, 0.717) is 5.56 Å². The molecule has 0 N–H and O–H groups in total. The van der Waals surface area contributed by atoms with E-state index < -0.39 is 5.82 Å². The summed E-state index contributed by atoms with van der Waals surface area (Å²) in [7, 11) is 0. The van der Waals surface area contributed by atoms with Crippen molar-refractivity contribution >= 4 is 0 Å². The van der Waals surface area contributed by atoms with Crippen molar-refractivity contribution < 1.29 is 4.39 Å². The standard InChI is InChI=1S/C10H8FN3O/c11-9-4-8(5-12-6-9)7-14-3-1-2-13-10(14)15/h1-6H,7H2. The molecule has 0 aliphatic rings. The minimum atomic E-state index is -0.413. The summed E-state index contributed by atoms with van der Waals surface area (Å²) < 4.78 is 14.2. The molecule has 0 aliphatic heterocycles. The summed E-state index contributed by atoms with van der Waals surface area (Å²) >= 11 is 0. The second-order valence-corrected chi connectivity index (χ2v) is 3.04. The van der Waals surface area contributed by atoms with Crippen LogP contribution >= 0.6 is 0 Å². The molecule has 0 aliphatic carbocycles. The molecule has 0 bridgehead atoms. The molecule has 0 amide bonds. The highest BCUT2D eigenvalue weighted by atomic mass is 19.1. The lowest BCUT2D eigenvalue weighted by Crippen LogP contribution is -2.21. The molecule has 2 aromatic heterocycles. The van der Waals surface area contributed by atoms with Crippen LogP contribution in [0.1, 0.15) is 5.56 Å². The fourth-order valence-electron chi connectivity index (χ4n) is 1.25. The molecule has 0 radical (unpaired) electrons. The van der Waals surface area contributed by atoms with Crippen molar-refractivity contribution in [1.82, 2.24) is 14.5 Å². The zero-order valence-electron chi connectivity index (χ0n) is 7.80. The summed E-state index contributed by atoms with van der Waals surface area (Å²) in [6.45, 7) is 0.275. The van der Waals surface area contributed by atoms with Gasteiger partial charge in [0.05, 0.1) is 12.7 Å². The van der Waals surface area contributed by atoms with Gasteiger partial charge in [-0.05, 0) is 17.7 Å². The lowest BCUT2D eigenvalue weighted by atomic mass is 10.3. The molecular weight excluding hydrogens is 197 g/mol. The first-order valence-electron chi connectivity index (χ1n) is 4.36. The summed E-state index contributed by atoms with van der Waals surface area (Å²) in [5.74, 6) is -0.413. The van der Waals surface area contributed by atoms with Crippen molar-refractivity contribution in [2.24, 2.45) is 0 Å². The fourth-order valence-corrected chi connectivity index (χ4v) is 1.25. The molecule has 0 aromatic carbocycles. The van der Waals surface area contributed by atoms with Gasteiger partial charge in [-0.25, -0.2) is 14.2 Å². The molecule has 0 saturated carbocycles. The number of hydrogen-bond acceptors (Lipinski definition) is 3. The minimum Gasteiger partial charge on any atom is -0.295 e. The molecule has 2 heterocycles. The average Bonchev–Trinajstić information content (AvgIpc) is 2.22. The molecule has 76 valence electrons. The van der Waals surface area contributed by atoms with E-state index in [9.17, 15) is 9.18 Å². The SMILES string of the molecule is O=c1ncccn1Cc1cncc(F)c1. The van der Waals surface area contributed by atoms with E-state index in [1.54, 1.807) is 12.3 Å². The lowest BCUT2D eigenvalue weighted by Gasteiger charge is -2.03. The quantitative estimate of drug-likeness (QED) is 0.729. The summed E-state index contributed by atoms with van der Waals surface area (Å²) in [5.41, 5.74) is 0.270. The van der Waals surface area contributed by atoms with Crippen molar-refractivity contribution in [2.45, 2.75) is 6.54 Å². The second-order valence-electron chi connectivity index (χ2n) is 3.04. The molecule has 4 nitrogen and oxygen atoms in total. The van der Waals surface area contributed by atoms with Crippen molar-refractivity contribution in [3.63, 3.8) is 0 Å². The Morgan fingerprint density at radius 1 is 1.40 bits per heavy atom. The molecule has 5 heteroatoms. The van der Waals surface area contributed by atoms with Crippen LogP contribution in [0.5, 0.6) is 0 Å². The third-order valence-corrected chi connectivity index (χ3v) is 1.90. The highest BCUT2D eigenvalue weighted by molar-refractivity contribution is 5.10. The minimum absolute atomic E-state index is 0.275. The third kappa shape index (κ3) is 2.25. The van der Waals surface area contributed by atoms with E-state index >= 15 is 0 Å². The van der Waals surface area contributed by atoms with Crippen molar-refractivity contribution in [3.8, 4) is 0 Å². The molecule has 0 fully saturated rings. The van der Waals surface area contributed by atoms with Crippen LogP contribution < -0.4 is 5.69 Å². The van der Waals surface area contributed by atoms with Crippen LogP contribution in [0.15, 0.2) is 41.7 Å². The first-order valence-corrected chi connectivity index (χ1v) is 4.36. The van der Waals surface area contributed by atoms with Crippen molar-refractivity contribution in [3.05, 3.63) is 58.8 Å². The molecule has 0 unspecified atom stereocenters. The van der Waals surface area contributed by atoms with E-state index in [0.717, 1.165) is 6.20 Å². The van der Waals surface area contributed by atoms with Gasteiger partial charge in [0.25, 0.3) is 0 Å². The monoisotopic (exact) mass is 205 g/mol. The number of pyridine rings is 1. The van der Waals surface area contributed by atoms with E-state index in [-0.39, 0.29) is 12.2 Å². The number of rotatable bonds is 2. The van der Waals surface area contributed by atoms with Crippen LogP contribution in [0.3, 0.4) is 0 Å². The van der Waals surface area contributed by atoms with Crippen LogP contribution in [0, 0.1) is 5.82 Å². The molecular formula is C10H8FN3O. The van der Waals surface area contributed by atoms with Crippen LogP contribution in [0.2, 0.25) is 0 Å². The normalized spacial score (nSPS) is 10.2. The Morgan fingerprint density at radius 3 is 3.00 bits per heavy atom. The zero-order chi connectivity index (χ0) is 10.7. The number of halogens is 1. The van der Waals surface area contributed by atoms with Crippen molar-refractivity contribution in [1.29, 1.82) is 0 Å². The summed E-state index contributed by atoms with van der Waals surface area (Å²) in [5, 5.41) is 0. The Bertz CT molecular complexity index is 524. The van der Waals surface area contributed by atoms with Gasteiger partial charge in [0.15, 0.2) is 0 Å². The van der Waals surface area contributed by atoms with Gasteiger partial charge in [-0.3, -0.25) is 9.55 Å². The topological polar surface area (TPSA) is 47.8 Å². The van der Waals surface area contributed by atoms with Gasteiger partial charge >= 0.3 is 5.69 Å². The van der Waals surface area contributed by atoms with Gasteiger partial charge < -0.3 is 0 Å². The number of aromatic nitrogens is 3. The predicted molar refractivity (Wildman–Crippen MR) is 51.8 cm³/mol. The summed E-state index contributed by atoms with van der Waals surface area (Å²) in [6.07, 6.45) is 5.65. The molecule has 0 spiro atoms. The Morgan fingerprint density at radius 2 is 2.27 bits per heavy atom. The molecule has 2 aromatic rings. The fraction of sp³-hybridized carbons (Fsp3) is 0.100. The van der Waals surface area contributed by atoms with Gasteiger partial charge in [-0.2, -0.15) is 0 Å². The zero-order valence-corrected chi connectivity index (χ0v) is 7.80. The van der Waals surface area contributed by atoms with Crippen LogP contribution in [-0.2, 0) is 6.54 Å².